The van der Waals surface area contributed by atoms with Crippen LogP contribution in [0.2, 0.25) is 0 Å². The van der Waals surface area contributed by atoms with Crippen LogP contribution in [0, 0.1) is 5.92 Å². The lowest BCUT2D eigenvalue weighted by Gasteiger charge is -2.21. The predicted molar refractivity (Wildman–Crippen MR) is 92.8 cm³/mol. The normalized spacial score (nSPS) is 17.7. The van der Waals surface area contributed by atoms with Crippen LogP contribution < -0.4 is 15.2 Å². The van der Waals surface area contributed by atoms with Gasteiger partial charge in [0.15, 0.2) is 0 Å². The minimum Gasteiger partial charge on any atom is -0.493 e. The molecule has 1 aromatic rings. The number of nitrogens with two attached hydrogens (primary N) is 1. The number of nitrogens with zero attached hydrogens (tertiary/aromatic N) is 2. The number of hydrogen-bond donors (Lipinski definition) is 2. The Kier molecular flexibility index (Phi) is 5.17. The molecule has 1 aromatic carbocycles. The van der Waals surface area contributed by atoms with Gasteiger partial charge in [0, 0.05) is 19.3 Å². The lowest BCUT2D eigenvalue weighted by Crippen LogP contribution is -2.39. The van der Waals surface area contributed by atoms with Crippen LogP contribution in [0.4, 0.5) is 0 Å². The van der Waals surface area contributed by atoms with Crippen molar-refractivity contribution < 1.29 is 13.2 Å². The zero-order valence-electron chi connectivity index (χ0n) is 13.4. The van der Waals surface area contributed by atoms with Crippen molar-refractivity contribution in [3.63, 3.8) is 0 Å². The van der Waals surface area contributed by atoms with Gasteiger partial charge < -0.3 is 10.5 Å². The first-order chi connectivity index (χ1) is 11.6. The Morgan fingerprint density at radius 2 is 2.21 bits per heavy atom. The van der Waals surface area contributed by atoms with Gasteiger partial charge in [-0.3, -0.25) is 4.99 Å². The highest BCUT2D eigenvalue weighted by atomic mass is 32.2. The number of ether oxygens (including phenoxy) is 1. The fraction of sp³-hybridized carbons (Fsp3) is 0.438. The largest absolute Gasteiger partial charge is 0.493 e. The standard InChI is InChI=1S/C16H22N4O3S/c17-9-15-6-7-20(12-18-15)24(21,22)19-10-14-2-1-3-16(8-14)23-11-13-4-5-13/h1-3,6-8,13,19H,4-5,9-12,17H2. The van der Waals surface area contributed by atoms with Gasteiger partial charge in [-0.2, -0.15) is 13.1 Å². The molecule has 0 amide bonds. The molecule has 0 atom stereocenters. The van der Waals surface area contributed by atoms with E-state index < -0.39 is 10.2 Å². The molecule has 0 bridgehead atoms. The molecule has 7 nitrogen and oxygen atoms in total. The average molecular weight is 350 g/mol. The highest BCUT2D eigenvalue weighted by molar-refractivity contribution is 7.87. The van der Waals surface area contributed by atoms with Crippen LogP contribution in [0.25, 0.3) is 0 Å². The summed E-state index contributed by atoms with van der Waals surface area (Å²) in [5, 5.41) is 0. The van der Waals surface area contributed by atoms with Gasteiger partial charge in [-0.15, -0.1) is 0 Å². The molecule has 24 heavy (non-hydrogen) atoms. The van der Waals surface area contributed by atoms with Gasteiger partial charge in [0.25, 0.3) is 0 Å². The van der Waals surface area contributed by atoms with Gasteiger partial charge in [0.1, 0.15) is 12.4 Å². The number of hydrogen-bond acceptors (Lipinski definition) is 5. The van der Waals surface area contributed by atoms with E-state index in [1.54, 1.807) is 6.08 Å². The fourth-order valence-corrected chi connectivity index (χ4v) is 3.17. The average Bonchev–Trinajstić information content (AvgIpc) is 3.43. The molecule has 8 heteroatoms. The van der Waals surface area contributed by atoms with Crippen LogP contribution in [0.15, 0.2) is 41.5 Å². The zero-order valence-corrected chi connectivity index (χ0v) is 14.2. The predicted octanol–water partition coefficient (Wildman–Crippen LogP) is 0.996. The van der Waals surface area contributed by atoms with Crippen molar-refractivity contribution in [1.29, 1.82) is 0 Å². The molecular formula is C16H22N4O3S. The molecule has 1 fully saturated rings. The molecule has 2 aliphatic rings. The molecule has 1 heterocycles. The van der Waals surface area contributed by atoms with E-state index in [-0.39, 0.29) is 13.2 Å². The Labute approximate surface area is 142 Å². The first-order valence-electron chi connectivity index (χ1n) is 7.96. The van der Waals surface area contributed by atoms with Gasteiger partial charge in [0.05, 0.1) is 12.3 Å². The van der Waals surface area contributed by atoms with Crippen LogP contribution in [0.5, 0.6) is 5.75 Å². The van der Waals surface area contributed by atoms with E-state index in [0.717, 1.165) is 22.2 Å². The molecule has 1 aliphatic heterocycles. The highest BCUT2D eigenvalue weighted by Gasteiger charge is 2.22. The summed E-state index contributed by atoms with van der Waals surface area (Å²) in [7, 11) is -3.63. The summed E-state index contributed by atoms with van der Waals surface area (Å²) in [4.78, 5) is 4.10. The van der Waals surface area contributed by atoms with Crippen molar-refractivity contribution in [2.45, 2.75) is 19.4 Å². The Morgan fingerprint density at radius 3 is 2.88 bits per heavy atom. The van der Waals surface area contributed by atoms with Gasteiger partial charge in [-0.05, 0) is 42.5 Å². The van der Waals surface area contributed by atoms with E-state index in [2.05, 4.69) is 9.71 Å². The van der Waals surface area contributed by atoms with Crippen molar-refractivity contribution in [1.82, 2.24) is 9.03 Å². The SMILES string of the molecule is NCC1=NCN(S(=O)(=O)NCc2cccc(OCC3CC3)c2)C=C1. The number of benzene rings is 1. The fourth-order valence-electron chi connectivity index (χ4n) is 2.22. The van der Waals surface area contributed by atoms with Gasteiger partial charge in [-0.1, -0.05) is 12.1 Å². The third-order valence-electron chi connectivity index (χ3n) is 3.90. The third kappa shape index (κ3) is 4.56. The van der Waals surface area contributed by atoms with Crippen LogP contribution in [-0.2, 0) is 16.8 Å². The molecule has 0 aromatic heterocycles. The molecular weight excluding hydrogens is 328 g/mol. The summed E-state index contributed by atoms with van der Waals surface area (Å²) in [5.41, 5.74) is 7.00. The van der Waals surface area contributed by atoms with E-state index in [9.17, 15) is 8.42 Å². The van der Waals surface area contributed by atoms with Crippen molar-refractivity contribution in [3.05, 3.63) is 42.1 Å². The second-order valence-corrected chi connectivity index (χ2v) is 7.63. The van der Waals surface area contributed by atoms with Crippen LogP contribution >= 0.6 is 0 Å². The van der Waals surface area contributed by atoms with Gasteiger partial charge in [-0.25, -0.2) is 4.31 Å². The molecule has 0 saturated heterocycles. The Bertz CT molecular complexity index is 741. The molecule has 1 aliphatic carbocycles. The number of nitrogens with one attached hydrogen (secondary N) is 1. The highest BCUT2D eigenvalue weighted by Crippen LogP contribution is 2.29. The van der Waals surface area contributed by atoms with E-state index >= 15 is 0 Å². The topological polar surface area (TPSA) is 97.0 Å². The van der Waals surface area contributed by atoms with Crippen molar-refractivity contribution in [2.24, 2.45) is 16.6 Å². The monoisotopic (exact) mass is 350 g/mol. The maximum atomic E-state index is 12.3. The van der Waals surface area contributed by atoms with E-state index in [1.165, 1.54) is 19.0 Å². The molecule has 1 saturated carbocycles. The first kappa shape index (κ1) is 16.9. The first-order valence-corrected chi connectivity index (χ1v) is 9.40. The molecule has 3 N–H and O–H groups in total. The smallest absolute Gasteiger partial charge is 0.302 e. The minimum atomic E-state index is -3.63. The lowest BCUT2D eigenvalue weighted by molar-refractivity contribution is 0.299. The van der Waals surface area contributed by atoms with E-state index in [1.807, 2.05) is 24.3 Å². The number of aliphatic imine (C=N–C) groups is 1. The quantitative estimate of drug-likeness (QED) is 0.731. The Hall–Kier alpha value is -1.90. The minimum absolute atomic E-state index is 0.0445. The van der Waals surface area contributed by atoms with Crippen molar-refractivity contribution in [3.8, 4) is 5.75 Å². The van der Waals surface area contributed by atoms with Crippen LogP contribution in [0.1, 0.15) is 18.4 Å². The van der Waals surface area contributed by atoms with Crippen LogP contribution in [0.3, 0.4) is 0 Å². The summed E-state index contributed by atoms with van der Waals surface area (Å²) >= 11 is 0. The van der Waals surface area contributed by atoms with E-state index in [0.29, 0.717) is 18.2 Å². The maximum absolute atomic E-state index is 12.3. The lowest BCUT2D eigenvalue weighted by atomic mass is 10.2. The molecule has 0 unspecified atom stereocenters. The molecule has 130 valence electrons. The Morgan fingerprint density at radius 1 is 1.38 bits per heavy atom. The summed E-state index contributed by atoms with van der Waals surface area (Å²) < 4.78 is 34.0. The zero-order chi connectivity index (χ0) is 17.0. The second-order valence-electron chi connectivity index (χ2n) is 5.93. The van der Waals surface area contributed by atoms with Crippen molar-refractivity contribution in [2.75, 3.05) is 19.8 Å². The third-order valence-corrected chi connectivity index (χ3v) is 5.27. The summed E-state index contributed by atoms with van der Waals surface area (Å²) in [6.45, 7) is 1.27. The van der Waals surface area contributed by atoms with Gasteiger partial charge >= 0.3 is 10.2 Å². The summed E-state index contributed by atoms with van der Waals surface area (Å²) in [6.07, 6.45) is 5.55. The van der Waals surface area contributed by atoms with Crippen molar-refractivity contribution >= 4 is 15.9 Å². The maximum Gasteiger partial charge on any atom is 0.302 e. The second kappa shape index (κ2) is 7.33. The summed E-state index contributed by atoms with van der Waals surface area (Å²) in [6, 6.07) is 7.48. The molecule has 0 radical (unpaired) electrons. The van der Waals surface area contributed by atoms with E-state index in [4.69, 9.17) is 10.5 Å². The van der Waals surface area contributed by atoms with Gasteiger partial charge in [0.2, 0.25) is 0 Å². The number of rotatable bonds is 8. The Balaban J connectivity index is 1.55. The molecule has 3 rings (SSSR count). The molecule has 0 spiro atoms. The van der Waals surface area contributed by atoms with Crippen LogP contribution in [-0.4, -0.2) is 38.3 Å². The summed E-state index contributed by atoms with van der Waals surface area (Å²) in [5.74, 6) is 1.45.